The number of esters is 2. The molecule has 2 rings (SSSR count). The number of carbonyl (C=O) groups excluding carboxylic acids is 2. The Morgan fingerprint density at radius 1 is 0.909 bits per heavy atom. The molecule has 1 aliphatic heterocycles. The summed E-state index contributed by atoms with van der Waals surface area (Å²) in [7, 11) is -2.30. The molecule has 1 heterocycles. The molecule has 1 aromatic carbocycles. The van der Waals surface area contributed by atoms with Crippen LogP contribution in [0.2, 0.25) is 0 Å². The summed E-state index contributed by atoms with van der Waals surface area (Å²) < 4.78 is 44.4. The molecule has 1 aliphatic rings. The number of hydrogen-bond donors (Lipinski definition) is 1. The summed E-state index contributed by atoms with van der Waals surface area (Å²) in [6, 6.07) is 5.75. The van der Waals surface area contributed by atoms with Crippen molar-refractivity contribution < 1.29 is 32.2 Å². The van der Waals surface area contributed by atoms with Crippen molar-refractivity contribution in [1.29, 1.82) is 0 Å². The van der Waals surface area contributed by atoms with E-state index in [0.717, 1.165) is 5.56 Å². The standard InChI is InChI=1S/C24H33NO7S/c1-17-11-13-20(14-12-17)33(28,29)25-21-15-31-23(26)10-6-8-19(3)22(30-4)16-32-24(27)9-5-7-18(21)2/h5-8,11-14,18-19,21-22,25H,9-10,15-16H2,1-4H3/b7-5+,8-6+/t18-,19+,21-,22-/m1/s1. The zero-order chi connectivity index (χ0) is 24.4. The van der Waals surface area contributed by atoms with Crippen LogP contribution >= 0.6 is 0 Å². The fraction of sp³-hybridized carbons (Fsp3) is 0.500. The number of nitrogens with one attached hydrogen (secondary N) is 1. The van der Waals surface area contributed by atoms with Crippen molar-refractivity contribution in [3.63, 3.8) is 0 Å². The Morgan fingerprint density at radius 2 is 1.45 bits per heavy atom. The first-order valence-corrected chi connectivity index (χ1v) is 12.4. The molecule has 0 saturated carbocycles. The molecule has 0 aromatic heterocycles. The van der Waals surface area contributed by atoms with Crippen molar-refractivity contribution in [2.24, 2.45) is 11.8 Å². The lowest BCUT2D eigenvalue weighted by Crippen LogP contribution is -2.42. The molecule has 0 amide bonds. The van der Waals surface area contributed by atoms with Crippen LogP contribution in [0, 0.1) is 18.8 Å². The van der Waals surface area contributed by atoms with Gasteiger partial charge in [-0.3, -0.25) is 9.59 Å². The first kappa shape index (κ1) is 26.8. The van der Waals surface area contributed by atoms with Crippen molar-refractivity contribution in [3.05, 3.63) is 54.1 Å². The molecule has 1 aromatic rings. The maximum Gasteiger partial charge on any atom is 0.309 e. The van der Waals surface area contributed by atoms with E-state index in [0.29, 0.717) is 0 Å². The number of rotatable bonds is 4. The fourth-order valence-electron chi connectivity index (χ4n) is 3.20. The first-order chi connectivity index (χ1) is 15.6. The normalized spacial score (nSPS) is 27.9. The van der Waals surface area contributed by atoms with Gasteiger partial charge in [-0.2, -0.15) is 0 Å². The third kappa shape index (κ3) is 8.75. The highest BCUT2D eigenvalue weighted by Crippen LogP contribution is 2.16. The summed E-state index contributed by atoms with van der Waals surface area (Å²) in [6.45, 7) is 5.49. The van der Waals surface area contributed by atoms with E-state index in [9.17, 15) is 18.0 Å². The van der Waals surface area contributed by atoms with Crippen LogP contribution < -0.4 is 4.72 Å². The van der Waals surface area contributed by atoms with E-state index in [2.05, 4.69) is 4.72 Å². The molecule has 0 fully saturated rings. The van der Waals surface area contributed by atoms with Gasteiger partial charge in [0.1, 0.15) is 13.2 Å². The Kier molecular flexibility index (Phi) is 10.3. The molecular weight excluding hydrogens is 446 g/mol. The number of cyclic esters (lactones) is 2. The van der Waals surface area contributed by atoms with Gasteiger partial charge in [-0.05, 0) is 25.0 Å². The smallest absolute Gasteiger partial charge is 0.309 e. The molecule has 0 aliphatic carbocycles. The molecule has 182 valence electrons. The van der Waals surface area contributed by atoms with Crippen LogP contribution in [-0.4, -0.2) is 52.8 Å². The van der Waals surface area contributed by atoms with Crippen molar-refractivity contribution in [1.82, 2.24) is 4.72 Å². The van der Waals surface area contributed by atoms with Crippen molar-refractivity contribution >= 4 is 22.0 Å². The van der Waals surface area contributed by atoms with Crippen LogP contribution in [0.5, 0.6) is 0 Å². The Labute approximate surface area is 196 Å². The summed E-state index contributed by atoms with van der Waals surface area (Å²) in [5, 5.41) is 0. The molecule has 4 atom stereocenters. The van der Waals surface area contributed by atoms with E-state index in [1.165, 1.54) is 19.2 Å². The monoisotopic (exact) mass is 479 g/mol. The minimum atomic E-state index is -3.84. The van der Waals surface area contributed by atoms with E-state index < -0.39 is 28.0 Å². The van der Waals surface area contributed by atoms with Crippen LogP contribution in [0.3, 0.4) is 0 Å². The molecule has 9 heteroatoms. The molecule has 0 saturated heterocycles. The number of hydrogen-bond acceptors (Lipinski definition) is 7. The van der Waals surface area contributed by atoms with Crippen molar-refractivity contribution in [3.8, 4) is 0 Å². The largest absolute Gasteiger partial charge is 0.464 e. The van der Waals surface area contributed by atoms with E-state index in [-0.39, 0.29) is 48.9 Å². The minimum Gasteiger partial charge on any atom is -0.464 e. The van der Waals surface area contributed by atoms with Gasteiger partial charge < -0.3 is 14.2 Å². The number of ether oxygens (including phenoxy) is 3. The Balaban J connectivity index is 2.20. The average Bonchev–Trinajstić information content (AvgIpc) is 2.76. The van der Waals surface area contributed by atoms with Gasteiger partial charge in [0.2, 0.25) is 10.0 Å². The molecule has 0 unspecified atom stereocenters. The minimum absolute atomic E-state index is 0.0300. The zero-order valence-electron chi connectivity index (χ0n) is 19.5. The van der Waals surface area contributed by atoms with Gasteiger partial charge in [-0.1, -0.05) is 55.8 Å². The van der Waals surface area contributed by atoms with E-state index >= 15 is 0 Å². The predicted octanol–water partition coefficient (Wildman–Crippen LogP) is 2.92. The van der Waals surface area contributed by atoms with Gasteiger partial charge in [0.15, 0.2) is 0 Å². The van der Waals surface area contributed by atoms with Crippen LogP contribution in [0.25, 0.3) is 0 Å². The Hall–Kier alpha value is -2.49. The molecule has 0 radical (unpaired) electrons. The Bertz CT molecular complexity index is 954. The van der Waals surface area contributed by atoms with E-state index in [1.54, 1.807) is 43.4 Å². The molecule has 1 N–H and O–H groups in total. The lowest BCUT2D eigenvalue weighted by Gasteiger charge is -2.23. The summed E-state index contributed by atoms with van der Waals surface area (Å²) in [6.07, 6.45) is 6.53. The summed E-state index contributed by atoms with van der Waals surface area (Å²) in [5.41, 5.74) is 0.940. The summed E-state index contributed by atoms with van der Waals surface area (Å²) >= 11 is 0. The van der Waals surface area contributed by atoms with Gasteiger partial charge in [-0.25, -0.2) is 13.1 Å². The second-order valence-electron chi connectivity index (χ2n) is 8.16. The topological polar surface area (TPSA) is 108 Å². The lowest BCUT2D eigenvalue weighted by molar-refractivity contribution is -0.147. The van der Waals surface area contributed by atoms with Gasteiger partial charge in [0, 0.05) is 13.0 Å². The molecule has 0 bridgehead atoms. The van der Waals surface area contributed by atoms with E-state index in [4.69, 9.17) is 14.2 Å². The molecular formula is C24H33NO7S. The second kappa shape index (κ2) is 12.7. The average molecular weight is 480 g/mol. The lowest BCUT2D eigenvalue weighted by atomic mass is 10.0. The maximum absolute atomic E-state index is 12.9. The molecule has 8 nitrogen and oxygen atoms in total. The van der Waals surface area contributed by atoms with Gasteiger partial charge in [0.25, 0.3) is 0 Å². The van der Waals surface area contributed by atoms with Crippen molar-refractivity contribution in [2.45, 2.75) is 50.7 Å². The highest BCUT2D eigenvalue weighted by molar-refractivity contribution is 7.89. The van der Waals surface area contributed by atoms with Crippen LogP contribution in [0.1, 0.15) is 32.3 Å². The van der Waals surface area contributed by atoms with Crippen LogP contribution in [0.4, 0.5) is 0 Å². The van der Waals surface area contributed by atoms with E-state index in [1.807, 2.05) is 13.8 Å². The molecule has 33 heavy (non-hydrogen) atoms. The fourth-order valence-corrected chi connectivity index (χ4v) is 4.52. The third-order valence-corrected chi connectivity index (χ3v) is 6.95. The number of methoxy groups -OCH3 is 1. The zero-order valence-corrected chi connectivity index (χ0v) is 20.3. The number of benzene rings is 1. The number of aryl methyl sites for hydroxylation is 1. The van der Waals surface area contributed by atoms with Crippen LogP contribution in [-0.2, 0) is 33.8 Å². The Morgan fingerprint density at radius 3 is 2.03 bits per heavy atom. The van der Waals surface area contributed by atoms with Crippen molar-refractivity contribution in [2.75, 3.05) is 20.3 Å². The van der Waals surface area contributed by atoms with Gasteiger partial charge in [0.05, 0.1) is 29.9 Å². The quantitative estimate of drug-likeness (QED) is 0.522. The molecule has 0 spiro atoms. The van der Waals surface area contributed by atoms with Gasteiger partial charge >= 0.3 is 11.9 Å². The predicted molar refractivity (Wildman–Crippen MR) is 124 cm³/mol. The van der Waals surface area contributed by atoms with Crippen LogP contribution in [0.15, 0.2) is 53.5 Å². The highest BCUT2D eigenvalue weighted by Gasteiger charge is 2.25. The second-order valence-corrected chi connectivity index (χ2v) is 9.88. The number of carbonyl (C=O) groups is 2. The SMILES string of the molecule is CO[C@@H]1COC(=O)C/C=C/[C@@H](C)[C@H](NS(=O)(=O)c2ccc(C)cc2)COC(=O)C/C=C/[C@@H]1C. The summed E-state index contributed by atoms with van der Waals surface area (Å²) in [4.78, 5) is 24.4. The maximum atomic E-state index is 12.9. The van der Waals surface area contributed by atoms with Gasteiger partial charge in [-0.15, -0.1) is 0 Å². The summed E-state index contributed by atoms with van der Waals surface area (Å²) in [5.74, 6) is -1.33. The highest BCUT2D eigenvalue weighted by atomic mass is 32.2. The number of sulfonamides is 1. The first-order valence-electron chi connectivity index (χ1n) is 10.9. The third-order valence-electron chi connectivity index (χ3n) is 5.44.